The Morgan fingerprint density at radius 1 is 1.06 bits per heavy atom. The van der Waals surface area contributed by atoms with Gasteiger partial charge in [0, 0.05) is 11.1 Å². The van der Waals surface area contributed by atoms with Gasteiger partial charge in [-0.15, -0.1) is 0 Å². The van der Waals surface area contributed by atoms with E-state index in [-0.39, 0.29) is 0 Å². The summed E-state index contributed by atoms with van der Waals surface area (Å²) < 4.78 is 0. The van der Waals surface area contributed by atoms with Crippen LogP contribution in [0.15, 0.2) is 41.6 Å². The molecule has 3 rings (SSSR count). The fourth-order valence-corrected chi connectivity index (χ4v) is 2.50. The molecule has 0 fully saturated rings. The molecule has 0 saturated carbocycles. The normalized spacial score (nSPS) is 14.3. The number of oxime groups is 1. The van der Waals surface area contributed by atoms with E-state index in [1.54, 1.807) is 0 Å². The summed E-state index contributed by atoms with van der Waals surface area (Å²) in [7, 11) is 0. The quantitative estimate of drug-likeness (QED) is 0.451. The maximum Gasteiger partial charge on any atom is 0.0755 e. The van der Waals surface area contributed by atoms with Crippen LogP contribution in [-0.4, -0.2) is 11.4 Å². The fourth-order valence-electron chi connectivity index (χ4n) is 2.20. The van der Waals surface area contributed by atoms with E-state index < -0.39 is 0 Å². The minimum Gasteiger partial charge on any atom is -0.411 e. The highest BCUT2D eigenvalue weighted by Crippen LogP contribution is 2.42. The maximum atomic E-state index is 8.66. The van der Waals surface area contributed by atoms with Crippen LogP contribution < -0.4 is 0 Å². The molecule has 2 aromatic rings. The summed E-state index contributed by atoms with van der Waals surface area (Å²) in [5, 5.41) is 14.6. The number of hydrogen-bond donors (Lipinski definition) is 1. The van der Waals surface area contributed by atoms with Crippen LogP contribution in [0.1, 0.15) is 11.1 Å². The summed E-state index contributed by atoms with van der Waals surface area (Å²) in [6.07, 6.45) is 1.39. The Morgan fingerprint density at radius 2 is 1.75 bits per heavy atom. The predicted octanol–water partition coefficient (Wildman–Crippen LogP) is 3.72. The summed E-state index contributed by atoms with van der Waals surface area (Å²) in [5.74, 6) is 0. The van der Waals surface area contributed by atoms with Gasteiger partial charge in [0.25, 0.3) is 0 Å². The van der Waals surface area contributed by atoms with Crippen LogP contribution in [0.2, 0.25) is 0 Å². The van der Waals surface area contributed by atoms with Crippen LogP contribution in [0, 0.1) is 0 Å². The first-order valence-electron chi connectivity index (χ1n) is 4.92. The van der Waals surface area contributed by atoms with E-state index in [1.807, 2.05) is 36.4 Å². The molecule has 0 atom stereocenters. The minimum atomic E-state index is 0.643. The number of benzene rings is 2. The first-order chi connectivity index (χ1) is 7.83. The molecule has 78 valence electrons. The SMILES string of the molecule is O/N=C/C1=C(Cl)c2cccc3cccc1c23. The van der Waals surface area contributed by atoms with Gasteiger partial charge in [0.2, 0.25) is 0 Å². The lowest BCUT2D eigenvalue weighted by molar-refractivity contribution is 0.322. The van der Waals surface area contributed by atoms with Gasteiger partial charge >= 0.3 is 0 Å². The van der Waals surface area contributed by atoms with Gasteiger partial charge < -0.3 is 5.21 Å². The van der Waals surface area contributed by atoms with Crippen molar-refractivity contribution in [1.29, 1.82) is 0 Å². The van der Waals surface area contributed by atoms with Gasteiger partial charge in [0.05, 0.1) is 11.2 Å². The van der Waals surface area contributed by atoms with Crippen molar-refractivity contribution in [3.8, 4) is 0 Å². The summed E-state index contributed by atoms with van der Waals surface area (Å²) in [5.41, 5.74) is 2.80. The highest BCUT2D eigenvalue weighted by Gasteiger charge is 2.21. The molecule has 0 heterocycles. The van der Waals surface area contributed by atoms with E-state index >= 15 is 0 Å². The molecule has 1 aliphatic rings. The lowest BCUT2D eigenvalue weighted by Gasteiger charge is -2.01. The van der Waals surface area contributed by atoms with Crippen LogP contribution in [0.5, 0.6) is 0 Å². The molecular weight excluding hydrogens is 222 g/mol. The second-order valence-corrected chi connectivity index (χ2v) is 4.06. The highest BCUT2D eigenvalue weighted by molar-refractivity contribution is 6.59. The summed E-state index contributed by atoms with van der Waals surface area (Å²) >= 11 is 6.27. The van der Waals surface area contributed by atoms with Crippen molar-refractivity contribution in [3.63, 3.8) is 0 Å². The zero-order valence-electron chi connectivity index (χ0n) is 8.31. The van der Waals surface area contributed by atoms with E-state index in [4.69, 9.17) is 16.8 Å². The Bertz CT molecular complexity index is 638. The fraction of sp³-hybridized carbons (Fsp3) is 0. The van der Waals surface area contributed by atoms with Gasteiger partial charge in [-0.25, -0.2) is 0 Å². The van der Waals surface area contributed by atoms with Crippen molar-refractivity contribution in [3.05, 3.63) is 47.5 Å². The van der Waals surface area contributed by atoms with Gasteiger partial charge in [-0.1, -0.05) is 53.2 Å². The number of hydrogen-bond acceptors (Lipinski definition) is 2. The summed E-state index contributed by atoms with van der Waals surface area (Å²) in [4.78, 5) is 0. The molecule has 1 aliphatic carbocycles. The first-order valence-corrected chi connectivity index (χ1v) is 5.30. The second-order valence-electron chi connectivity index (χ2n) is 3.68. The number of rotatable bonds is 1. The average molecular weight is 230 g/mol. The third-order valence-corrected chi connectivity index (χ3v) is 3.26. The summed E-state index contributed by atoms with van der Waals surface area (Å²) in [6.45, 7) is 0. The van der Waals surface area contributed by atoms with Crippen molar-refractivity contribution >= 4 is 39.2 Å². The molecule has 16 heavy (non-hydrogen) atoms. The van der Waals surface area contributed by atoms with Crippen LogP contribution >= 0.6 is 11.6 Å². The largest absolute Gasteiger partial charge is 0.411 e. The Balaban J connectivity index is 2.45. The Labute approximate surface area is 97.5 Å². The Hall–Kier alpha value is -1.80. The highest BCUT2D eigenvalue weighted by atomic mass is 35.5. The monoisotopic (exact) mass is 229 g/mol. The van der Waals surface area contributed by atoms with Gasteiger partial charge in [-0.2, -0.15) is 0 Å². The van der Waals surface area contributed by atoms with E-state index in [1.165, 1.54) is 6.21 Å². The average Bonchev–Trinajstić information content (AvgIpc) is 2.58. The molecule has 2 nitrogen and oxygen atoms in total. The molecule has 0 unspecified atom stereocenters. The van der Waals surface area contributed by atoms with Gasteiger partial charge in [0.15, 0.2) is 0 Å². The molecule has 0 saturated heterocycles. The standard InChI is InChI=1S/C13H8ClNO/c14-13-10-6-2-4-8-3-1-5-9(12(8)10)11(13)7-15-16/h1-7,16H/b15-7+. The van der Waals surface area contributed by atoms with E-state index in [0.717, 1.165) is 27.5 Å². The van der Waals surface area contributed by atoms with Gasteiger partial charge in [0.1, 0.15) is 0 Å². The molecule has 0 aromatic heterocycles. The molecular formula is C13H8ClNO. The van der Waals surface area contributed by atoms with Crippen molar-refractivity contribution < 1.29 is 5.21 Å². The molecule has 0 amide bonds. The van der Waals surface area contributed by atoms with Crippen molar-refractivity contribution in [2.24, 2.45) is 5.16 Å². The third kappa shape index (κ3) is 1.11. The van der Waals surface area contributed by atoms with E-state index in [9.17, 15) is 0 Å². The van der Waals surface area contributed by atoms with Crippen LogP contribution in [-0.2, 0) is 0 Å². The molecule has 2 aromatic carbocycles. The zero-order valence-corrected chi connectivity index (χ0v) is 9.07. The van der Waals surface area contributed by atoms with Gasteiger partial charge in [-0.05, 0) is 16.3 Å². The number of allylic oxidation sites excluding steroid dienone is 1. The molecule has 0 aliphatic heterocycles. The van der Waals surface area contributed by atoms with Crippen LogP contribution in [0.4, 0.5) is 0 Å². The lowest BCUT2D eigenvalue weighted by atomic mass is 10.0. The molecule has 0 radical (unpaired) electrons. The topological polar surface area (TPSA) is 32.6 Å². The number of nitrogens with zero attached hydrogens (tertiary/aromatic N) is 1. The molecule has 3 heteroatoms. The molecule has 0 bridgehead atoms. The van der Waals surface area contributed by atoms with Crippen LogP contribution in [0.25, 0.3) is 21.4 Å². The third-order valence-electron chi connectivity index (χ3n) is 2.85. The van der Waals surface area contributed by atoms with E-state index in [0.29, 0.717) is 5.03 Å². The van der Waals surface area contributed by atoms with Crippen LogP contribution in [0.3, 0.4) is 0 Å². The Kier molecular flexibility index (Phi) is 1.98. The molecule has 0 spiro atoms. The maximum absolute atomic E-state index is 8.66. The smallest absolute Gasteiger partial charge is 0.0755 e. The summed E-state index contributed by atoms with van der Waals surface area (Å²) in [6, 6.07) is 12.0. The molecule has 1 N–H and O–H groups in total. The van der Waals surface area contributed by atoms with Crippen molar-refractivity contribution in [1.82, 2.24) is 0 Å². The number of halogens is 1. The van der Waals surface area contributed by atoms with Crippen molar-refractivity contribution in [2.75, 3.05) is 0 Å². The van der Waals surface area contributed by atoms with Gasteiger partial charge in [-0.3, -0.25) is 0 Å². The predicted molar refractivity (Wildman–Crippen MR) is 66.9 cm³/mol. The lowest BCUT2D eigenvalue weighted by Crippen LogP contribution is -1.83. The minimum absolute atomic E-state index is 0.643. The zero-order chi connectivity index (χ0) is 11.1. The van der Waals surface area contributed by atoms with E-state index in [2.05, 4.69) is 5.16 Å². The van der Waals surface area contributed by atoms with Crippen molar-refractivity contribution in [2.45, 2.75) is 0 Å². The first kappa shape index (κ1) is 9.43. The second kappa shape index (κ2) is 3.35. The Morgan fingerprint density at radius 3 is 2.44 bits per heavy atom.